The summed E-state index contributed by atoms with van der Waals surface area (Å²) >= 11 is 7.37. The van der Waals surface area contributed by atoms with Crippen LogP contribution < -0.4 is 4.90 Å². The van der Waals surface area contributed by atoms with Crippen molar-refractivity contribution in [1.82, 2.24) is 25.1 Å². The maximum absolute atomic E-state index is 6.17. The van der Waals surface area contributed by atoms with Crippen LogP contribution in [-0.2, 0) is 0 Å². The Bertz CT molecular complexity index is 856. The predicted molar refractivity (Wildman–Crippen MR) is 97.1 cm³/mol. The lowest BCUT2D eigenvalue weighted by Crippen LogP contribution is -2.15. The number of nitrogens with zero attached hydrogens (tertiary/aromatic N) is 6. The molecule has 3 aromatic rings. The molecule has 0 radical (unpaired) electrons. The average Bonchev–Trinajstić information content (AvgIpc) is 3.03. The average molecular weight is 377 g/mol. The molecule has 0 unspecified atom stereocenters. The Labute approximate surface area is 154 Å². The summed E-state index contributed by atoms with van der Waals surface area (Å²) in [5.74, 6) is 1.85. The molecule has 0 saturated carbocycles. The molecule has 0 spiro atoms. The first-order chi connectivity index (χ1) is 11.9. The van der Waals surface area contributed by atoms with Gasteiger partial charge in [0.1, 0.15) is 5.82 Å². The van der Waals surface area contributed by atoms with Gasteiger partial charge >= 0.3 is 0 Å². The molecule has 0 fully saturated rings. The Balaban J connectivity index is 1.89. The fraction of sp³-hybridized carbons (Fsp3) is 0.312. The van der Waals surface area contributed by atoms with E-state index in [0.29, 0.717) is 38.6 Å². The van der Waals surface area contributed by atoms with Crippen LogP contribution >= 0.6 is 23.4 Å². The van der Waals surface area contributed by atoms with Crippen LogP contribution in [0.5, 0.6) is 0 Å². The van der Waals surface area contributed by atoms with Gasteiger partial charge in [-0.15, -0.1) is 10.2 Å². The minimum absolute atomic E-state index is 0.183. The number of hydrogen-bond acceptors (Lipinski definition) is 8. The molecule has 0 aliphatic rings. The van der Waals surface area contributed by atoms with Crippen LogP contribution in [0.15, 0.2) is 39.1 Å². The third-order valence-electron chi connectivity index (χ3n) is 3.23. The minimum Gasteiger partial charge on any atom is -0.411 e. The van der Waals surface area contributed by atoms with E-state index in [4.69, 9.17) is 16.0 Å². The fourth-order valence-electron chi connectivity index (χ4n) is 1.94. The molecule has 25 heavy (non-hydrogen) atoms. The van der Waals surface area contributed by atoms with E-state index in [1.165, 1.54) is 11.8 Å². The van der Waals surface area contributed by atoms with Gasteiger partial charge in [0.15, 0.2) is 0 Å². The predicted octanol–water partition coefficient (Wildman–Crippen LogP) is 3.92. The zero-order chi connectivity index (χ0) is 18.0. The Kier molecular flexibility index (Phi) is 5.19. The summed E-state index contributed by atoms with van der Waals surface area (Å²) in [4.78, 5) is 15.2. The summed E-state index contributed by atoms with van der Waals surface area (Å²) in [5.41, 5.74) is 0.691. The zero-order valence-electron chi connectivity index (χ0n) is 14.3. The van der Waals surface area contributed by atoms with Crippen LogP contribution in [0.4, 0.5) is 5.95 Å². The lowest BCUT2D eigenvalue weighted by molar-refractivity contribution is 0.465. The molecule has 7 nitrogen and oxygen atoms in total. The largest absolute Gasteiger partial charge is 0.411 e. The first-order valence-corrected chi connectivity index (χ1v) is 8.83. The first kappa shape index (κ1) is 17.6. The molecule has 0 aliphatic carbocycles. The number of rotatable bonds is 5. The van der Waals surface area contributed by atoms with E-state index >= 15 is 0 Å². The Hall–Kier alpha value is -2.19. The molecule has 0 saturated heterocycles. The molecular formula is C16H17ClN6OS. The Morgan fingerprint density at radius 3 is 2.52 bits per heavy atom. The van der Waals surface area contributed by atoms with Crippen LogP contribution in [-0.4, -0.2) is 39.2 Å². The van der Waals surface area contributed by atoms with Gasteiger partial charge in [-0.05, 0) is 12.1 Å². The highest BCUT2D eigenvalue weighted by Crippen LogP contribution is 2.31. The van der Waals surface area contributed by atoms with Crippen molar-refractivity contribution in [3.63, 3.8) is 0 Å². The SMILES string of the molecule is CC(C)c1nc(Sc2nnc(-c3ccccc3Cl)o2)nc(N(C)C)n1. The summed E-state index contributed by atoms with van der Waals surface area (Å²) in [6.07, 6.45) is 0. The molecule has 0 atom stereocenters. The van der Waals surface area contributed by atoms with Crippen molar-refractivity contribution in [2.24, 2.45) is 0 Å². The van der Waals surface area contributed by atoms with Crippen molar-refractivity contribution >= 4 is 29.3 Å². The van der Waals surface area contributed by atoms with Crippen molar-refractivity contribution < 1.29 is 4.42 Å². The van der Waals surface area contributed by atoms with Crippen molar-refractivity contribution in [2.75, 3.05) is 19.0 Å². The van der Waals surface area contributed by atoms with E-state index in [0.717, 1.165) is 0 Å². The molecule has 1 aromatic carbocycles. The van der Waals surface area contributed by atoms with Gasteiger partial charge in [-0.2, -0.15) is 9.97 Å². The standard InChI is InChI=1S/C16H17ClN6OS/c1-9(2)12-18-14(23(3)4)20-15(19-12)25-16-22-21-13(24-16)10-7-5-6-8-11(10)17/h5-9H,1-4H3. The van der Waals surface area contributed by atoms with Gasteiger partial charge in [-0.1, -0.05) is 37.6 Å². The minimum atomic E-state index is 0.183. The van der Waals surface area contributed by atoms with E-state index in [1.54, 1.807) is 6.07 Å². The van der Waals surface area contributed by atoms with Gasteiger partial charge in [0.05, 0.1) is 10.6 Å². The Morgan fingerprint density at radius 2 is 1.84 bits per heavy atom. The number of anilines is 1. The van der Waals surface area contributed by atoms with Crippen molar-refractivity contribution in [3.8, 4) is 11.5 Å². The van der Waals surface area contributed by atoms with Gasteiger partial charge in [0.2, 0.25) is 17.0 Å². The van der Waals surface area contributed by atoms with E-state index in [-0.39, 0.29) is 5.92 Å². The van der Waals surface area contributed by atoms with Gasteiger partial charge in [0, 0.05) is 31.8 Å². The normalized spacial score (nSPS) is 11.1. The second-order valence-electron chi connectivity index (χ2n) is 5.78. The van der Waals surface area contributed by atoms with Crippen LogP contribution in [0.2, 0.25) is 5.02 Å². The highest BCUT2D eigenvalue weighted by Gasteiger charge is 2.16. The lowest BCUT2D eigenvalue weighted by atomic mass is 10.2. The van der Waals surface area contributed by atoms with E-state index < -0.39 is 0 Å². The smallest absolute Gasteiger partial charge is 0.284 e. The van der Waals surface area contributed by atoms with Crippen LogP contribution in [0.1, 0.15) is 25.6 Å². The molecule has 130 valence electrons. The van der Waals surface area contributed by atoms with Crippen LogP contribution in [0.3, 0.4) is 0 Å². The summed E-state index contributed by atoms with van der Waals surface area (Å²) in [6, 6.07) is 7.31. The molecule has 0 aliphatic heterocycles. The number of benzene rings is 1. The second-order valence-corrected chi connectivity index (χ2v) is 7.11. The van der Waals surface area contributed by atoms with E-state index in [2.05, 4.69) is 25.1 Å². The highest BCUT2D eigenvalue weighted by atomic mass is 35.5. The summed E-state index contributed by atoms with van der Waals surface area (Å²) in [7, 11) is 3.77. The molecule has 0 N–H and O–H groups in total. The molecular weight excluding hydrogens is 360 g/mol. The zero-order valence-corrected chi connectivity index (χ0v) is 15.8. The maximum Gasteiger partial charge on any atom is 0.284 e. The van der Waals surface area contributed by atoms with Crippen molar-refractivity contribution in [1.29, 1.82) is 0 Å². The lowest BCUT2D eigenvalue weighted by Gasteiger charge is -2.13. The quantitative estimate of drug-likeness (QED) is 0.662. The number of hydrogen-bond donors (Lipinski definition) is 0. The molecule has 9 heteroatoms. The van der Waals surface area contributed by atoms with Gasteiger partial charge in [-0.25, -0.2) is 4.98 Å². The van der Waals surface area contributed by atoms with Gasteiger partial charge in [-0.3, -0.25) is 0 Å². The Morgan fingerprint density at radius 1 is 1.08 bits per heavy atom. The van der Waals surface area contributed by atoms with Crippen molar-refractivity contribution in [3.05, 3.63) is 35.1 Å². The fourth-order valence-corrected chi connectivity index (χ4v) is 2.78. The third-order valence-corrected chi connectivity index (χ3v) is 4.26. The maximum atomic E-state index is 6.17. The topological polar surface area (TPSA) is 80.8 Å². The summed E-state index contributed by atoms with van der Waals surface area (Å²) < 4.78 is 5.70. The number of halogens is 1. The first-order valence-electron chi connectivity index (χ1n) is 7.63. The molecule has 2 heterocycles. The molecule has 3 rings (SSSR count). The second kappa shape index (κ2) is 7.37. The van der Waals surface area contributed by atoms with E-state index in [9.17, 15) is 0 Å². The summed E-state index contributed by atoms with van der Waals surface area (Å²) in [5, 5.41) is 9.52. The van der Waals surface area contributed by atoms with Crippen LogP contribution in [0, 0.1) is 0 Å². The van der Waals surface area contributed by atoms with E-state index in [1.807, 2.05) is 51.0 Å². The van der Waals surface area contributed by atoms with Gasteiger partial charge in [0.25, 0.3) is 5.22 Å². The molecule has 0 bridgehead atoms. The molecule has 0 amide bonds. The van der Waals surface area contributed by atoms with Crippen molar-refractivity contribution in [2.45, 2.75) is 30.1 Å². The number of aromatic nitrogens is 5. The third kappa shape index (κ3) is 4.08. The monoisotopic (exact) mass is 376 g/mol. The molecule has 2 aromatic heterocycles. The van der Waals surface area contributed by atoms with Crippen LogP contribution in [0.25, 0.3) is 11.5 Å². The van der Waals surface area contributed by atoms with Gasteiger partial charge < -0.3 is 9.32 Å². The summed E-state index contributed by atoms with van der Waals surface area (Å²) in [6.45, 7) is 4.07. The highest BCUT2D eigenvalue weighted by molar-refractivity contribution is 7.98.